The third-order valence-electron chi connectivity index (χ3n) is 1.32. The normalized spacial score (nSPS) is 10.1. The van der Waals surface area contributed by atoms with E-state index in [0.29, 0.717) is 0 Å². The van der Waals surface area contributed by atoms with Crippen LogP contribution < -0.4 is 0 Å². The maximum atomic E-state index is 5.17. The maximum Gasteiger partial charge on any atom is 0.0935 e. The molecule has 0 saturated heterocycles. The Labute approximate surface area is 60.8 Å². The highest BCUT2D eigenvalue weighted by molar-refractivity contribution is 5.04. The molecule has 1 aromatic rings. The van der Waals surface area contributed by atoms with Gasteiger partial charge in [0.2, 0.25) is 0 Å². The van der Waals surface area contributed by atoms with E-state index >= 15 is 0 Å². The zero-order valence-corrected chi connectivity index (χ0v) is 6.17. The van der Waals surface area contributed by atoms with E-state index in [9.17, 15) is 0 Å². The van der Waals surface area contributed by atoms with E-state index in [1.165, 1.54) is 5.56 Å². The van der Waals surface area contributed by atoms with Crippen LogP contribution in [0.5, 0.6) is 0 Å². The van der Waals surface area contributed by atoms with Gasteiger partial charge in [-0.3, -0.25) is 0 Å². The van der Waals surface area contributed by atoms with Crippen LogP contribution in [0.15, 0.2) is 23.0 Å². The van der Waals surface area contributed by atoms with Gasteiger partial charge in [0.15, 0.2) is 0 Å². The smallest absolute Gasteiger partial charge is 0.0935 e. The van der Waals surface area contributed by atoms with Gasteiger partial charge in [-0.25, -0.2) is 0 Å². The third kappa shape index (κ3) is 2.23. The van der Waals surface area contributed by atoms with Gasteiger partial charge in [0, 0.05) is 6.61 Å². The lowest BCUT2D eigenvalue weighted by molar-refractivity contribution is 0.151. The summed E-state index contributed by atoms with van der Waals surface area (Å²) < 4.78 is 10.1. The average molecular weight is 140 g/mol. The number of furan rings is 1. The largest absolute Gasteiger partial charge is 0.472 e. The van der Waals surface area contributed by atoms with Gasteiger partial charge in [-0.1, -0.05) is 0 Å². The predicted molar refractivity (Wildman–Crippen MR) is 38.9 cm³/mol. The molecule has 0 atom stereocenters. The maximum absolute atomic E-state index is 5.17. The Kier molecular flexibility index (Phi) is 3.03. The molecule has 0 fully saturated rings. The van der Waals surface area contributed by atoms with Crippen LogP contribution in [0.2, 0.25) is 0 Å². The minimum absolute atomic E-state index is 0.788. The van der Waals surface area contributed by atoms with Gasteiger partial charge in [-0.05, 0) is 25.0 Å². The summed E-state index contributed by atoms with van der Waals surface area (Å²) >= 11 is 0. The van der Waals surface area contributed by atoms with Crippen molar-refractivity contribution < 1.29 is 9.15 Å². The second-order valence-corrected chi connectivity index (χ2v) is 2.08. The first-order valence-corrected chi connectivity index (χ1v) is 3.52. The quantitative estimate of drug-likeness (QED) is 0.595. The molecular weight excluding hydrogens is 128 g/mol. The van der Waals surface area contributed by atoms with Crippen LogP contribution in [0.3, 0.4) is 0 Å². The molecule has 0 spiro atoms. The van der Waals surface area contributed by atoms with E-state index < -0.39 is 0 Å². The van der Waals surface area contributed by atoms with Gasteiger partial charge in [0.25, 0.3) is 0 Å². The molecule has 0 N–H and O–H groups in total. The van der Waals surface area contributed by atoms with Crippen LogP contribution in [-0.2, 0) is 11.2 Å². The Balaban J connectivity index is 2.15. The second kappa shape index (κ2) is 4.12. The summed E-state index contributed by atoms with van der Waals surface area (Å²) in [5.74, 6) is 0. The molecule has 1 rings (SSSR count). The number of hydrogen-bond acceptors (Lipinski definition) is 2. The molecule has 2 nitrogen and oxygen atoms in total. The van der Waals surface area contributed by atoms with E-state index in [1.54, 1.807) is 12.5 Å². The van der Waals surface area contributed by atoms with E-state index in [2.05, 4.69) is 0 Å². The Hall–Kier alpha value is -0.760. The molecule has 0 unspecified atom stereocenters. The Morgan fingerprint density at radius 2 is 2.50 bits per heavy atom. The van der Waals surface area contributed by atoms with E-state index in [1.807, 2.05) is 13.0 Å². The molecule has 2 heteroatoms. The van der Waals surface area contributed by atoms with Crippen LogP contribution in [0.25, 0.3) is 0 Å². The number of hydrogen-bond donors (Lipinski definition) is 0. The van der Waals surface area contributed by atoms with Gasteiger partial charge in [-0.15, -0.1) is 0 Å². The standard InChI is InChI=1S/C8H12O2/c1-2-9-5-3-8-4-6-10-7-8/h4,6-7H,2-3,5H2,1H3. The lowest BCUT2D eigenvalue weighted by atomic mass is 10.3. The highest BCUT2D eigenvalue weighted by Crippen LogP contribution is 2.00. The van der Waals surface area contributed by atoms with E-state index in [4.69, 9.17) is 9.15 Å². The Morgan fingerprint density at radius 3 is 3.10 bits per heavy atom. The first-order chi connectivity index (χ1) is 4.93. The fourth-order valence-corrected chi connectivity index (χ4v) is 0.769. The molecule has 0 aliphatic rings. The SMILES string of the molecule is CCOCCc1ccoc1. The fraction of sp³-hybridized carbons (Fsp3) is 0.500. The van der Waals surface area contributed by atoms with Crippen molar-refractivity contribution in [1.29, 1.82) is 0 Å². The highest BCUT2D eigenvalue weighted by Gasteiger charge is 1.91. The van der Waals surface area contributed by atoms with Crippen molar-refractivity contribution in [2.24, 2.45) is 0 Å². The molecule has 10 heavy (non-hydrogen) atoms. The zero-order chi connectivity index (χ0) is 7.23. The second-order valence-electron chi connectivity index (χ2n) is 2.08. The molecule has 1 heterocycles. The summed E-state index contributed by atoms with van der Waals surface area (Å²) in [4.78, 5) is 0. The van der Waals surface area contributed by atoms with Crippen molar-refractivity contribution in [3.63, 3.8) is 0 Å². The molecule has 56 valence electrons. The summed E-state index contributed by atoms with van der Waals surface area (Å²) in [6, 6.07) is 1.96. The summed E-state index contributed by atoms with van der Waals surface area (Å²) in [5, 5.41) is 0. The van der Waals surface area contributed by atoms with Crippen molar-refractivity contribution >= 4 is 0 Å². The number of rotatable bonds is 4. The van der Waals surface area contributed by atoms with Crippen LogP contribution in [0.4, 0.5) is 0 Å². The molecular formula is C8H12O2. The number of ether oxygens (including phenoxy) is 1. The van der Waals surface area contributed by atoms with Gasteiger partial charge >= 0.3 is 0 Å². The molecule has 0 aliphatic heterocycles. The first kappa shape index (κ1) is 7.35. The molecule has 0 aliphatic carbocycles. The van der Waals surface area contributed by atoms with Gasteiger partial charge in [-0.2, -0.15) is 0 Å². The van der Waals surface area contributed by atoms with Gasteiger partial charge < -0.3 is 9.15 Å². The zero-order valence-electron chi connectivity index (χ0n) is 6.17. The first-order valence-electron chi connectivity index (χ1n) is 3.52. The molecule has 1 aromatic heterocycles. The van der Waals surface area contributed by atoms with Crippen molar-refractivity contribution in [2.45, 2.75) is 13.3 Å². The van der Waals surface area contributed by atoms with Crippen molar-refractivity contribution in [1.82, 2.24) is 0 Å². The van der Waals surface area contributed by atoms with Gasteiger partial charge in [0.05, 0.1) is 19.1 Å². The average Bonchev–Trinajstić information content (AvgIpc) is 2.41. The topological polar surface area (TPSA) is 22.4 Å². The van der Waals surface area contributed by atoms with Crippen molar-refractivity contribution in [3.8, 4) is 0 Å². The third-order valence-corrected chi connectivity index (χ3v) is 1.32. The predicted octanol–water partition coefficient (Wildman–Crippen LogP) is 1.86. The fourth-order valence-electron chi connectivity index (χ4n) is 0.769. The monoisotopic (exact) mass is 140 g/mol. The summed E-state index contributed by atoms with van der Waals surface area (Å²) in [5.41, 5.74) is 1.20. The van der Waals surface area contributed by atoms with Crippen LogP contribution >= 0.6 is 0 Å². The molecule has 0 radical (unpaired) electrons. The lowest BCUT2D eigenvalue weighted by Crippen LogP contribution is -1.95. The molecule has 0 amide bonds. The Bertz CT molecular complexity index is 156. The van der Waals surface area contributed by atoms with E-state index in [-0.39, 0.29) is 0 Å². The lowest BCUT2D eigenvalue weighted by Gasteiger charge is -1.96. The molecule has 0 aromatic carbocycles. The minimum atomic E-state index is 0.788. The van der Waals surface area contributed by atoms with Crippen LogP contribution in [0.1, 0.15) is 12.5 Å². The van der Waals surface area contributed by atoms with E-state index in [0.717, 1.165) is 19.6 Å². The highest BCUT2D eigenvalue weighted by atomic mass is 16.5. The van der Waals surface area contributed by atoms with Crippen LogP contribution in [-0.4, -0.2) is 13.2 Å². The minimum Gasteiger partial charge on any atom is -0.472 e. The Morgan fingerprint density at radius 1 is 1.60 bits per heavy atom. The molecule has 0 bridgehead atoms. The van der Waals surface area contributed by atoms with Gasteiger partial charge in [0.1, 0.15) is 0 Å². The summed E-state index contributed by atoms with van der Waals surface area (Å²) in [7, 11) is 0. The summed E-state index contributed by atoms with van der Waals surface area (Å²) in [6.45, 7) is 3.57. The van der Waals surface area contributed by atoms with Crippen molar-refractivity contribution in [3.05, 3.63) is 24.2 Å². The van der Waals surface area contributed by atoms with Crippen molar-refractivity contribution in [2.75, 3.05) is 13.2 Å². The molecule has 0 saturated carbocycles. The summed E-state index contributed by atoms with van der Waals surface area (Å²) in [6.07, 6.45) is 4.38. The van der Waals surface area contributed by atoms with Crippen LogP contribution in [0, 0.1) is 0 Å².